The molecule has 0 bridgehead atoms. The molecule has 1 atom stereocenters. The predicted molar refractivity (Wildman–Crippen MR) is 95.7 cm³/mol. The largest absolute Gasteiger partial charge is 0.502 e. The highest BCUT2D eigenvalue weighted by molar-refractivity contribution is 5.34. The standard InChI is InChI=1S/C21H20O4/c1-14-13-18(22)20(24)21(25-14)19(23)17-11-9-16(10-12-17)8-7-15-5-3-2-4-6-15/h2-6,9-13,19,23-24H,7-8H2,1H3. The maximum absolute atomic E-state index is 11.6. The van der Waals surface area contributed by atoms with Crippen LogP contribution in [0.25, 0.3) is 0 Å². The molecule has 0 fully saturated rings. The van der Waals surface area contributed by atoms with Gasteiger partial charge in [0, 0.05) is 6.07 Å². The van der Waals surface area contributed by atoms with Crippen molar-refractivity contribution in [1.29, 1.82) is 0 Å². The van der Waals surface area contributed by atoms with Gasteiger partial charge in [0.25, 0.3) is 0 Å². The van der Waals surface area contributed by atoms with Crippen molar-refractivity contribution < 1.29 is 14.6 Å². The molecule has 3 rings (SSSR count). The van der Waals surface area contributed by atoms with E-state index in [2.05, 4.69) is 12.1 Å². The number of hydrogen-bond donors (Lipinski definition) is 2. The van der Waals surface area contributed by atoms with Crippen molar-refractivity contribution in [2.45, 2.75) is 25.9 Å². The van der Waals surface area contributed by atoms with Gasteiger partial charge in [-0.15, -0.1) is 0 Å². The van der Waals surface area contributed by atoms with Crippen LogP contribution < -0.4 is 5.43 Å². The van der Waals surface area contributed by atoms with Crippen LogP contribution in [0, 0.1) is 6.92 Å². The van der Waals surface area contributed by atoms with Crippen LogP contribution in [-0.4, -0.2) is 10.2 Å². The van der Waals surface area contributed by atoms with Crippen molar-refractivity contribution >= 4 is 0 Å². The maximum Gasteiger partial charge on any atom is 0.227 e. The lowest BCUT2D eigenvalue weighted by Crippen LogP contribution is -2.08. The number of aromatic hydroxyl groups is 1. The van der Waals surface area contributed by atoms with E-state index in [1.165, 1.54) is 11.6 Å². The summed E-state index contributed by atoms with van der Waals surface area (Å²) in [6.07, 6.45) is 0.650. The predicted octanol–water partition coefficient (Wildman–Crippen LogP) is 3.52. The van der Waals surface area contributed by atoms with Gasteiger partial charge in [-0.3, -0.25) is 4.79 Å². The van der Waals surface area contributed by atoms with Gasteiger partial charge in [0.1, 0.15) is 11.9 Å². The summed E-state index contributed by atoms with van der Waals surface area (Å²) in [5, 5.41) is 20.3. The van der Waals surface area contributed by atoms with Crippen LogP contribution in [-0.2, 0) is 12.8 Å². The monoisotopic (exact) mass is 336 g/mol. The molecule has 0 aliphatic carbocycles. The average molecular weight is 336 g/mol. The topological polar surface area (TPSA) is 70.7 Å². The zero-order valence-electron chi connectivity index (χ0n) is 14.0. The SMILES string of the molecule is Cc1cc(=O)c(O)c(C(O)c2ccc(CCc3ccccc3)cc2)o1. The minimum atomic E-state index is -1.18. The first-order valence-electron chi connectivity index (χ1n) is 8.19. The van der Waals surface area contributed by atoms with E-state index in [-0.39, 0.29) is 5.76 Å². The van der Waals surface area contributed by atoms with Gasteiger partial charge in [0.15, 0.2) is 5.76 Å². The van der Waals surface area contributed by atoms with Gasteiger partial charge in [-0.1, -0.05) is 54.6 Å². The number of benzene rings is 2. The molecular formula is C21H20O4. The van der Waals surface area contributed by atoms with Gasteiger partial charge in [0.2, 0.25) is 11.2 Å². The fraction of sp³-hybridized carbons (Fsp3) is 0.190. The van der Waals surface area contributed by atoms with Gasteiger partial charge in [-0.05, 0) is 36.5 Å². The lowest BCUT2D eigenvalue weighted by atomic mass is 10.0. The van der Waals surface area contributed by atoms with Gasteiger partial charge in [-0.2, -0.15) is 0 Å². The molecule has 128 valence electrons. The molecule has 0 saturated heterocycles. The molecule has 0 aliphatic rings. The molecular weight excluding hydrogens is 316 g/mol. The summed E-state index contributed by atoms with van der Waals surface area (Å²) < 4.78 is 5.34. The fourth-order valence-electron chi connectivity index (χ4n) is 2.76. The Labute approximate surface area is 146 Å². The summed E-state index contributed by atoms with van der Waals surface area (Å²) in [4.78, 5) is 11.6. The zero-order valence-corrected chi connectivity index (χ0v) is 14.0. The molecule has 0 aliphatic heterocycles. The minimum absolute atomic E-state index is 0.123. The molecule has 1 unspecified atom stereocenters. The first kappa shape index (κ1) is 17.0. The molecule has 0 amide bonds. The smallest absolute Gasteiger partial charge is 0.227 e. The summed E-state index contributed by atoms with van der Waals surface area (Å²) >= 11 is 0. The Kier molecular flexibility index (Phi) is 5.00. The van der Waals surface area contributed by atoms with E-state index >= 15 is 0 Å². The van der Waals surface area contributed by atoms with E-state index in [4.69, 9.17) is 4.42 Å². The van der Waals surface area contributed by atoms with E-state index < -0.39 is 17.3 Å². The molecule has 2 N–H and O–H groups in total. The average Bonchev–Trinajstić information content (AvgIpc) is 2.63. The third-order valence-corrected chi connectivity index (χ3v) is 4.16. The van der Waals surface area contributed by atoms with Crippen LogP contribution in [0.4, 0.5) is 0 Å². The van der Waals surface area contributed by atoms with Crippen LogP contribution in [0.3, 0.4) is 0 Å². The zero-order chi connectivity index (χ0) is 17.8. The highest BCUT2D eigenvalue weighted by atomic mass is 16.4. The van der Waals surface area contributed by atoms with Crippen molar-refractivity contribution in [3.63, 3.8) is 0 Å². The van der Waals surface area contributed by atoms with Gasteiger partial charge in [-0.25, -0.2) is 0 Å². The quantitative estimate of drug-likeness (QED) is 0.748. The molecule has 3 aromatic rings. The van der Waals surface area contributed by atoms with Crippen LogP contribution >= 0.6 is 0 Å². The van der Waals surface area contributed by atoms with E-state index in [0.29, 0.717) is 11.3 Å². The van der Waals surface area contributed by atoms with E-state index in [1.54, 1.807) is 19.1 Å². The van der Waals surface area contributed by atoms with Crippen LogP contribution in [0.5, 0.6) is 5.75 Å². The first-order chi connectivity index (χ1) is 12.0. The number of aliphatic hydroxyl groups is 1. The molecule has 2 aromatic carbocycles. The van der Waals surface area contributed by atoms with E-state index in [9.17, 15) is 15.0 Å². The molecule has 4 nitrogen and oxygen atoms in total. The van der Waals surface area contributed by atoms with Crippen molar-refractivity contribution in [3.05, 3.63) is 99.1 Å². The molecule has 4 heteroatoms. The molecule has 25 heavy (non-hydrogen) atoms. The normalized spacial score (nSPS) is 12.1. The van der Waals surface area contributed by atoms with Crippen LogP contribution in [0.2, 0.25) is 0 Å². The van der Waals surface area contributed by atoms with Crippen molar-refractivity contribution in [2.24, 2.45) is 0 Å². The fourth-order valence-corrected chi connectivity index (χ4v) is 2.76. The minimum Gasteiger partial charge on any atom is -0.502 e. The number of aliphatic hydroxyl groups excluding tert-OH is 1. The van der Waals surface area contributed by atoms with Crippen LogP contribution in [0.15, 0.2) is 69.9 Å². The highest BCUT2D eigenvalue weighted by Crippen LogP contribution is 2.28. The Hall–Kier alpha value is -2.85. The maximum atomic E-state index is 11.6. The molecule has 1 aromatic heterocycles. The molecule has 0 radical (unpaired) electrons. The summed E-state index contributed by atoms with van der Waals surface area (Å²) in [7, 11) is 0. The Balaban J connectivity index is 1.75. The molecule has 1 heterocycles. The first-order valence-corrected chi connectivity index (χ1v) is 8.19. The summed E-state index contributed by atoms with van der Waals surface area (Å²) in [6, 6.07) is 18.9. The summed E-state index contributed by atoms with van der Waals surface area (Å²) in [5.41, 5.74) is 2.43. The van der Waals surface area contributed by atoms with Gasteiger partial charge < -0.3 is 14.6 Å². The van der Waals surface area contributed by atoms with Crippen LogP contribution in [0.1, 0.15) is 34.3 Å². The van der Waals surface area contributed by atoms with Crippen molar-refractivity contribution in [3.8, 4) is 5.75 Å². The summed E-state index contributed by atoms with van der Waals surface area (Å²) in [5.74, 6) is -0.329. The third-order valence-electron chi connectivity index (χ3n) is 4.16. The lowest BCUT2D eigenvalue weighted by molar-refractivity contribution is 0.176. The van der Waals surface area contributed by atoms with Crippen molar-refractivity contribution in [1.82, 2.24) is 0 Å². The summed E-state index contributed by atoms with van der Waals surface area (Å²) in [6.45, 7) is 1.60. The third kappa shape index (κ3) is 3.98. The number of rotatable bonds is 5. The lowest BCUT2D eigenvalue weighted by Gasteiger charge is -2.13. The second kappa shape index (κ2) is 7.36. The Morgan fingerprint density at radius 3 is 2.20 bits per heavy atom. The molecule has 0 saturated carbocycles. The van der Waals surface area contributed by atoms with Crippen molar-refractivity contribution in [2.75, 3.05) is 0 Å². The Bertz CT molecular complexity index is 895. The second-order valence-corrected chi connectivity index (χ2v) is 6.06. The van der Waals surface area contributed by atoms with E-state index in [0.717, 1.165) is 18.4 Å². The van der Waals surface area contributed by atoms with E-state index in [1.807, 2.05) is 30.3 Å². The molecule has 0 spiro atoms. The highest BCUT2D eigenvalue weighted by Gasteiger charge is 2.20. The van der Waals surface area contributed by atoms with Gasteiger partial charge in [0.05, 0.1) is 0 Å². The second-order valence-electron chi connectivity index (χ2n) is 6.06. The number of hydrogen-bond acceptors (Lipinski definition) is 4. The number of aryl methyl sites for hydroxylation is 3. The Morgan fingerprint density at radius 1 is 0.960 bits per heavy atom. The Morgan fingerprint density at radius 2 is 1.56 bits per heavy atom. The van der Waals surface area contributed by atoms with Gasteiger partial charge >= 0.3 is 0 Å².